The van der Waals surface area contributed by atoms with Crippen LogP contribution in [-0.2, 0) is 16.0 Å². The molecule has 0 aliphatic heterocycles. The van der Waals surface area contributed by atoms with Crippen molar-refractivity contribution in [1.82, 2.24) is 5.32 Å². The standard InChI is InChI=1S/C26H22N2O2/c29-25(17-22-11-6-10-21-9-4-5-12-24(21)22)27-18-26(30)28-23-15-13-20(14-16-23)19-7-2-1-3-8-19/h1-16H,17-18H2,(H,27,29)(H,28,30). The average Bonchev–Trinajstić information content (AvgIpc) is 2.79. The third-order valence-electron chi connectivity index (χ3n) is 4.95. The lowest BCUT2D eigenvalue weighted by atomic mass is 10.0. The number of anilines is 1. The molecule has 0 fully saturated rings. The number of rotatable bonds is 6. The summed E-state index contributed by atoms with van der Waals surface area (Å²) in [6.07, 6.45) is 0.237. The minimum atomic E-state index is -0.256. The van der Waals surface area contributed by atoms with Crippen molar-refractivity contribution >= 4 is 28.3 Å². The second kappa shape index (κ2) is 9.05. The molecule has 4 aromatic carbocycles. The number of fused-ring (bicyclic) bond motifs is 1. The minimum absolute atomic E-state index is 0.0654. The van der Waals surface area contributed by atoms with Gasteiger partial charge in [-0.25, -0.2) is 0 Å². The van der Waals surface area contributed by atoms with Crippen molar-refractivity contribution < 1.29 is 9.59 Å². The Morgan fingerprint density at radius 2 is 1.30 bits per heavy atom. The number of benzene rings is 4. The predicted octanol–water partition coefficient (Wildman–Crippen LogP) is 4.80. The van der Waals surface area contributed by atoms with Crippen LogP contribution in [0.4, 0.5) is 5.69 Å². The molecule has 4 aromatic rings. The Labute approximate surface area is 175 Å². The van der Waals surface area contributed by atoms with Gasteiger partial charge in [-0.3, -0.25) is 9.59 Å². The van der Waals surface area contributed by atoms with Crippen LogP contribution in [0.2, 0.25) is 0 Å². The molecule has 0 aliphatic rings. The number of hydrogen-bond acceptors (Lipinski definition) is 2. The maximum Gasteiger partial charge on any atom is 0.243 e. The molecule has 2 N–H and O–H groups in total. The van der Waals surface area contributed by atoms with Gasteiger partial charge in [0.1, 0.15) is 0 Å². The van der Waals surface area contributed by atoms with Crippen LogP contribution in [0, 0.1) is 0 Å². The average molecular weight is 394 g/mol. The van der Waals surface area contributed by atoms with E-state index >= 15 is 0 Å². The molecule has 4 nitrogen and oxygen atoms in total. The monoisotopic (exact) mass is 394 g/mol. The topological polar surface area (TPSA) is 58.2 Å². The van der Waals surface area contributed by atoms with E-state index in [1.54, 1.807) is 0 Å². The van der Waals surface area contributed by atoms with Crippen molar-refractivity contribution in [2.75, 3.05) is 11.9 Å². The zero-order valence-corrected chi connectivity index (χ0v) is 16.5. The summed E-state index contributed by atoms with van der Waals surface area (Å²) in [4.78, 5) is 24.5. The molecule has 0 saturated heterocycles. The first-order valence-corrected chi connectivity index (χ1v) is 9.88. The van der Waals surface area contributed by atoms with Crippen molar-refractivity contribution in [2.24, 2.45) is 0 Å². The summed E-state index contributed by atoms with van der Waals surface area (Å²) in [5.74, 6) is -0.436. The Hall–Kier alpha value is -3.92. The summed E-state index contributed by atoms with van der Waals surface area (Å²) >= 11 is 0. The lowest BCUT2D eigenvalue weighted by Gasteiger charge is -2.09. The van der Waals surface area contributed by atoms with Crippen LogP contribution in [0.25, 0.3) is 21.9 Å². The highest BCUT2D eigenvalue weighted by Crippen LogP contribution is 2.21. The van der Waals surface area contributed by atoms with Crippen molar-refractivity contribution in [2.45, 2.75) is 6.42 Å². The molecule has 0 radical (unpaired) electrons. The fourth-order valence-electron chi connectivity index (χ4n) is 3.44. The van der Waals surface area contributed by atoms with E-state index in [2.05, 4.69) is 10.6 Å². The summed E-state index contributed by atoms with van der Waals surface area (Å²) in [6, 6.07) is 31.5. The van der Waals surface area contributed by atoms with Gasteiger partial charge in [0.05, 0.1) is 13.0 Å². The molecular weight excluding hydrogens is 372 g/mol. The van der Waals surface area contributed by atoms with E-state index in [-0.39, 0.29) is 24.8 Å². The summed E-state index contributed by atoms with van der Waals surface area (Å²) in [6.45, 7) is -0.0654. The van der Waals surface area contributed by atoms with Gasteiger partial charge < -0.3 is 10.6 Å². The predicted molar refractivity (Wildman–Crippen MR) is 121 cm³/mol. The zero-order chi connectivity index (χ0) is 20.8. The van der Waals surface area contributed by atoms with E-state index < -0.39 is 0 Å². The van der Waals surface area contributed by atoms with E-state index in [0.717, 1.165) is 27.5 Å². The highest BCUT2D eigenvalue weighted by molar-refractivity contribution is 5.96. The number of nitrogens with one attached hydrogen (secondary N) is 2. The zero-order valence-electron chi connectivity index (χ0n) is 16.5. The number of amides is 2. The molecule has 4 rings (SSSR count). The smallest absolute Gasteiger partial charge is 0.243 e. The lowest BCUT2D eigenvalue weighted by molar-refractivity contribution is -0.123. The van der Waals surface area contributed by atoms with Gasteiger partial charge in [-0.1, -0.05) is 84.9 Å². The van der Waals surface area contributed by atoms with Crippen LogP contribution < -0.4 is 10.6 Å². The van der Waals surface area contributed by atoms with E-state index in [1.165, 1.54) is 0 Å². The Balaban J connectivity index is 1.31. The van der Waals surface area contributed by atoms with Gasteiger partial charge in [0.25, 0.3) is 0 Å². The number of carbonyl (C=O) groups is 2. The number of carbonyl (C=O) groups excluding carboxylic acids is 2. The highest BCUT2D eigenvalue weighted by atomic mass is 16.2. The van der Waals surface area contributed by atoms with Crippen LogP contribution in [0.1, 0.15) is 5.56 Å². The Bertz CT molecular complexity index is 1160. The minimum Gasteiger partial charge on any atom is -0.347 e. The van der Waals surface area contributed by atoms with Crippen LogP contribution in [-0.4, -0.2) is 18.4 Å². The SMILES string of the molecule is O=C(Cc1cccc2ccccc12)NCC(=O)Nc1ccc(-c2ccccc2)cc1. The normalized spacial score (nSPS) is 10.5. The molecule has 0 atom stereocenters. The molecule has 0 bridgehead atoms. The van der Waals surface area contributed by atoms with Gasteiger partial charge >= 0.3 is 0 Å². The lowest BCUT2D eigenvalue weighted by Crippen LogP contribution is -2.33. The van der Waals surface area contributed by atoms with E-state index in [1.807, 2.05) is 97.1 Å². The van der Waals surface area contributed by atoms with Crippen molar-refractivity contribution in [3.8, 4) is 11.1 Å². The molecule has 2 amide bonds. The first-order valence-electron chi connectivity index (χ1n) is 9.88. The molecule has 148 valence electrons. The van der Waals surface area contributed by atoms with Crippen molar-refractivity contribution in [3.05, 3.63) is 103 Å². The van der Waals surface area contributed by atoms with Crippen LogP contribution in [0.15, 0.2) is 97.1 Å². The molecule has 0 saturated carbocycles. The molecule has 0 aliphatic carbocycles. The highest BCUT2D eigenvalue weighted by Gasteiger charge is 2.09. The van der Waals surface area contributed by atoms with Gasteiger partial charge in [0.15, 0.2) is 0 Å². The summed E-state index contributed by atoms with van der Waals surface area (Å²) in [7, 11) is 0. The van der Waals surface area contributed by atoms with Crippen LogP contribution >= 0.6 is 0 Å². The fourth-order valence-corrected chi connectivity index (χ4v) is 3.44. The van der Waals surface area contributed by atoms with E-state index in [4.69, 9.17) is 0 Å². The first-order chi connectivity index (χ1) is 14.7. The molecule has 0 aromatic heterocycles. The summed E-state index contributed by atoms with van der Waals surface area (Å²) < 4.78 is 0. The Morgan fingerprint density at radius 3 is 2.10 bits per heavy atom. The maximum absolute atomic E-state index is 12.3. The first kappa shape index (κ1) is 19.4. The summed E-state index contributed by atoms with van der Waals surface area (Å²) in [5.41, 5.74) is 3.85. The van der Waals surface area contributed by atoms with E-state index in [0.29, 0.717) is 5.69 Å². The van der Waals surface area contributed by atoms with Gasteiger partial charge in [-0.05, 0) is 39.6 Å². The van der Waals surface area contributed by atoms with Crippen LogP contribution in [0.3, 0.4) is 0 Å². The second-order valence-electron chi connectivity index (χ2n) is 7.08. The molecule has 0 unspecified atom stereocenters. The largest absolute Gasteiger partial charge is 0.347 e. The van der Waals surface area contributed by atoms with Gasteiger partial charge in [0, 0.05) is 5.69 Å². The molecular formula is C26H22N2O2. The quantitative estimate of drug-likeness (QED) is 0.493. The Morgan fingerprint density at radius 1 is 0.633 bits per heavy atom. The van der Waals surface area contributed by atoms with Crippen molar-refractivity contribution in [1.29, 1.82) is 0 Å². The molecule has 30 heavy (non-hydrogen) atoms. The second-order valence-corrected chi connectivity index (χ2v) is 7.08. The fraction of sp³-hybridized carbons (Fsp3) is 0.0769. The van der Waals surface area contributed by atoms with Crippen molar-refractivity contribution in [3.63, 3.8) is 0 Å². The third kappa shape index (κ3) is 4.73. The van der Waals surface area contributed by atoms with Gasteiger partial charge in [-0.15, -0.1) is 0 Å². The van der Waals surface area contributed by atoms with Gasteiger partial charge in [0.2, 0.25) is 11.8 Å². The third-order valence-corrected chi connectivity index (χ3v) is 4.95. The van der Waals surface area contributed by atoms with Gasteiger partial charge in [-0.2, -0.15) is 0 Å². The van der Waals surface area contributed by atoms with E-state index in [9.17, 15) is 9.59 Å². The Kier molecular flexibility index (Phi) is 5.85. The van der Waals surface area contributed by atoms with Crippen LogP contribution in [0.5, 0.6) is 0 Å². The summed E-state index contributed by atoms with van der Waals surface area (Å²) in [5, 5.41) is 7.67. The molecule has 0 spiro atoms. The number of hydrogen-bond donors (Lipinski definition) is 2. The molecule has 0 heterocycles. The molecule has 4 heteroatoms. The maximum atomic E-state index is 12.3.